The summed E-state index contributed by atoms with van der Waals surface area (Å²) >= 11 is 0. The summed E-state index contributed by atoms with van der Waals surface area (Å²) in [4.78, 5) is 18.8. The van der Waals surface area contributed by atoms with Crippen LogP contribution in [-0.4, -0.2) is 19.7 Å². The Labute approximate surface area is 106 Å². The minimum atomic E-state index is -0.105. The maximum absolute atomic E-state index is 11.6. The number of aromatic amines is 1. The van der Waals surface area contributed by atoms with Crippen molar-refractivity contribution in [2.24, 2.45) is 0 Å². The van der Waals surface area contributed by atoms with E-state index in [1.807, 2.05) is 10.9 Å². The summed E-state index contributed by atoms with van der Waals surface area (Å²) in [5.74, 6) is 0.605. The first kappa shape index (κ1) is 12.5. The largest absolute Gasteiger partial charge is 0.306 e. The lowest BCUT2D eigenvalue weighted by molar-refractivity contribution is 0.603. The van der Waals surface area contributed by atoms with E-state index >= 15 is 0 Å². The number of nitrogens with one attached hydrogen (secondary N) is 1. The van der Waals surface area contributed by atoms with Gasteiger partial charge in [0, 0.05) is 24.5 Å². The Balaban J connectivity index is 2.33. The molecule has 96 valence electrons. The third-order valence-electron chi connectivity index (χ3n) is 2.66. The normalized spacial score (nSPS) is 10.8. The highest BCUT2D eigenvalue weighted by Gasteiger charge is 2.06. The number of aryl methyl sites for hydroxylation is 2. The van der Waals surface area contributed by atoms with Crippen molar-refractivity contribution in [3.8, 4) is 11.4 Å². The molecule has 5 heteroatoms. The molecule has 1 N–H and O–H groups in total. The topological polar surface area (TPSA) is 63.6 Å². The zero-order valence-electron chi connectivity index (χ0n) is 10.8. The molecule has 2 aromatic heterocycles. The van der Waals surface area contributed by atoms with E-state index in [2.05, 4.69) is 28.9 Å². The Morgan fingerprint density at radius 1 is 1.33 bits per heavy atom. The van der Waals surface area contributed by atoms with Crippen LogP contribution in [0.3, 0.4) is 0 Å². The SMILES string of the molecule is CCCc1cc(=O)[nH]c(-c2cnn(CCC)c2)n1. The van der Waals surface area contributed by atoms with Gasteiger partial charge in [-0.05, 0) is 12.8 Å². The number of aromatic nitrogens is 4. The van der Waals surface area contributed by atoms with Gasteiger partial charge in [0.2, 0.25) is 0 Å². The van der Waals surface area contributed by atoms with Gasteiger partial charge in [-0.15, -0.1) is 0 Å². The molecule has 0 unspecified atom stereocenters. The monoisotopic (exact) mass is 246 g/mol. The zero-order chi connectivity index (χ0) is 13.0. The Bertz CT molecular complexity index is 570. The Morgan fingerprint density at radius 3 is 2.89 bits per heavy atom. The quantitative estimate of drug-likeness (QED) is 0.877. The van der Waals surface area contributed by atoms with Crippen LogP contribution in [0.5, 0.6) is 0 Å². The van der Waals surface area contributed by atoms with Crippen LogP contribution in [0.15, 0.2) is 23.3 Å². The van der Waals surface area contributed by atoms with Gasteiger partial charge >= 0.3 is 0 Å². The molecule has 0 spiro atoms. The zero-order valence-corrected chi connectivity index (χ0v) is 10.8. The molecule has 0 radical (unpaired) electrons. The molecule has 5 nitrogen and oxygen atoms in total. The average Bonchev–Trinajstić information content (AvgIpc) is 2.78. The molecular formula is C13H18N4O. The number of nitrogens with zero attached hydrogens (tertiary/aromatic N) is 3. The lowest BCUT2D eigenvalue weighted by Gasteiger charge is -2.01. The van der Waals surface area contributed by atoms with Gasteiger partial charge in [-0.1, -0.05) is 20.3 Å². The van der Waals surface area contributed by atoms with Gasteiger partial charge in [0.25, 0.3) is 5.56 Å². The predicted molar refractivity (Wildman–Crippen MR) is 70.4 cm³/mol. The molecule has 0 atom stereocenters. The molecule has 0 saturated carbocycles. The van der Waals surface area contributed by atoms with E-state index in [0.29, 0.717) is 5.82 Å². The van der Waals surface area contributed by atoms with Gasteiger partial charge in [-0.3, -0.25) is 9.48 Å². The third-order valence-corrected chi connectivity index (χ3v) is 2.66. The summed E-state index contributed by atoms with van der Waals surface area (Å²) in [6, 6.07) is 1.56. The number of H-pyrrole nitrogens is 1. The van der Waals surface area contributed by atoms with E-state index in [4.69, 9.17) is 0 Å². The van der Waals surface area contributed by atoms with Gasteiger partial charge < -0.3 is 4.98 Å². The van der Waals surface area contributed by atoms with Crippen molar-refractivity contribution in [1.29, 1.82) is 0 Å². The molecule has 0 aliphatic heterocycles. The van der Waals surface area contributed by atoms with Crippen LogP contribution in [0, 0.1) is 0 Å². The van der Waals surface area contributed by atoms with Crippen LogP contribution >= 0.6 is 0 Å². The predicted octanol–water partition coefficient (Wildman–Crippen LogP) is 2.00. The van der Waals surface area contributed by atoms with Crippen molar-refractivity contribution in [3.05, 3.63) is 34.5 Å². The van der Waals surface area contributed by atoms with Crippen LogP contribution in [0.25, 0.3) is 11.4 Å². The molecule has 0 amide bonds. The van der Waals surface area contributed by atoms with Gasteiger partial charge in [-0.2, -0.15) is 5.10 Å². The second-order valence-corrected chi connectivity index (χ2v) is 4.33. The first-order valence-corrected chi connectivity index (χ1v) is 6.36. The van der Waals surface area contributed by atoms with E-state index in [1.165, 1.54) is 0 Å². The summed E-state index contributed by atoms with van der Waals surface area (Å²) in [6.07, 6.45) is 6.48. The third kappa shape index (κ3) is 2.85. The van der Waals surface area contributed by atoms with Crippen molar-refractivity contribution in [2.45, 2.75) is 39.7 Å². The summed E-state index contributed by atoms with van der Waals surface area (Å²) < 4.78 is 1.86. The van der Waals surface area contributed by atoms with Crippen molar-refractivity contribution in [3.63, 3.8) is 0 Å². The van der Waals surface area contributed by atoms with Crippen LogP contribution in [0.2, 0.25) is 0 Å². The fourth-order valence-corrected chi connectivity index (χ4v) is 1.87. The first-order chi connectivity index (χ1) is 8.72. The number of rotatable bonds is 5. The lowest BCUT2D eigenvalue weighted by Crippen LogP contribution is -2.10. The first-order valence-electron chi connectivity index (χ1n) is 6.36. The minimum absolute atomic E-state index is 0.105. The Morgan fingerprint density at radius 2 is 2.17 bits per heavy atom. The molecule has 2 aromatic rings. The van der Waals surface area contributed by atoms with Gasteiger partial charge in [0.15, 0.2) is 0 Å². The Kier molecular flexibility index (Phi) is 3.92. The molecule has 0 aliphatic rings. The van der Waals surface area contributed by atoms with Crippen LogP contribution in [0.1, 0.15) is 32.4 Å². The summed E-state index contributed by atoms with van der Waals surface area (Å²) in [6.45, 7) is 5.05. The second kappa shape index (κ2) is 5.62. The second-order valence-electron chi connectivity index (χ2n) is 4.33. The van der Waals surface area contributed by atoms with E-state index in [0.717, 1.165) is 37.1 Å². The molecule has 0 fully saturated rings. The molecule has 0 saturated heterocycles. The van der Waals surface area contributed by atoms with Gasteiger partial charge in [0.05, 0.1) is 11.8 Å². The molecule has 0 aromatic carbocycles. The molecular weight excluding hydrogens is 228 g/mol. The fourth-order valence-electron chi connectivity index (χ4n) is 1.87. The highest BCUT2D eigenvalue weighted by Crippen LogP contribution is 2.13. The molecule has 18 heavy (non-hydrogen) atoms. The van der Waals surface area contributed by atoms with Crippen molar-refractivity contribution < 1.29 is 0 Å². The van der Waals surface area contributed by atoms with E-state index < -0.39 is 0 Å². The van der Waals surface area contributed by atoms with Gasteiger partial charge in [-0.25, -0.2) is 4.98 Å². The Hall–Kier alpha value is -1.91. The highest BCUT2D eigenvalue weighted by atomic mass is 16.1. The number of hydrogen-bond donors (Lipinski definition) is 1. The van der Waals surface area contributed by atoms with Gasteiger partial charge in [0.1, 0.15) is 5.82 Å². The summed E-state index contributed by atoms with van der Waals surface area (Å²) in [5.41, 5.74) is 1.59. The van der Waals surface area contributed by atoms with Crippen molar-refractivity contribution in [1.82, 2.24) is 19.7 Å². The molecule has 0 bridgehead atoms. The maximum atomic E-state index is 11.6. The van der Waals surface area contributed by atoms with E-state index in [-0.39, 0.29) is 5.56 Å². The molecule has 0 aliphatic carbocycles. The maximum Gasteiger partial charge on any atom is 0.251 e. The van der Waals surface area contributed by atoms with Crippen LogP contribution < -0.4 is 5.56 Å². The van der Waals surface area contributed by atoms with E-state index in [1.54, 1.807) is 12.3 Å². The van der Waals surface area contributed by atoms with Crippen molar-refractivity contribution >= 4 is 0 Å². The molecule has 2 rings (SSSR count). The van der Waals surface area contributed by atoms with Crippen LogP contribution in [0.4, 0.5) is 0 Å². The lowest BCUT2D eigenvalue weighted by atomic mass is 10.2. The standard InChI is InChI=1S/C13H18N4O/c1-3-5-11-7-12(18)16-13(15-11)10-8-14-17(9-10)6-4-2/h7-9H,3-6H2,1-2H3,(H,15,16,18). The minimum Gasteiger partial charge on any atom is -0.306 e. The number of hydrogen-bond acceptors (Lipinski definition) is 3. The summed E-state index contributed by atoms with van der Waals surface area (Å²) in [5, 5.41) is 4.24. The van der Waals surface area contributed by atoms with Crippen molar-refractivity contribution in [2.75, 3.05) is 0 Å². The molecule has 2 heterocycles. The van der Waals surface area contributed by atoms with E-state index in [9.17, 15) is 4.79 Å². The fraction of sp³-hybridized carbons (Fsp3) is 0.462. The smallest absolute Gasteiger partial charge is 0.251 e. The average molecular weight is 246 g/mol. The highest BCUT2D eigenvalue weighted by molar-refractivity contribution is 5.51. The summed E-state index contributed by atoms with van der Waals surface area (Å²) in [7, 11) is 0. The van der Waals surface area contributed by atoms with Crippen LogP contribution in [-0.2, 0) is 13.0 Å².